The summed E-state index contributed by atoms with van der Waals surface area (Å²) in [7, 11) is 0. The molecule has 0 N–H and O–H groups in total. The van der Waals surface area contributed by atoms with Gasteiger partial charge in [0.05, 0.1) is 11.1 Å². The van der Waals surface area contributed by atoms with Gasteiger partial charge in [0, 0.05) is 49.2 Å². The molecule has 0 aromatic heterocycles. The van der Waals surface area contributed by atoms with Gasteiger partial charge in [0.2, 0.25) is 11.5 Å². The van der Waals surface area contributed by atoms with Crippen molar-refractivity contribution in [2.45, 2.75) is 105 Å². The molecule has 0 radical (unpaired) electrons. The van der Waals surface area contributed by atoms with Crippen LogP contribution < -0.4 is 14.5 Å². The van der Waals surface area contributed by atoms with Crippen LogP contribution in [0.15, 0.2) is 42.2 Å². The van der Waals surface area contributed by atoms with Crippen LogP contribution in [0.2, 0.25) is 0 Å². The van der Waals surface area contributed by atoms with Crippen LogP contribution >= 0.6 is 0 Å². The minimum absolute atomic E-state index is 0.110. The number of hydrogen-bond donors (Lipinski definition) is 0. The van der Waals surface area contributed by atoms with Gasteiger partial charge in [-0.2, -0.15) is 0 Å². The van der Waals surface area contributed by atoms with E-state index in [-0.39, 0.29) is 17.3 Å². The van der Waals surface area contributed by atoms with Crippen molar-refractivity contribution < 1.29 is 19.1 Å². The molecule has 2 aliphatic rings. The number of unbranched alkanes of at least 4 members (excludes halogenated alkanes) is 8. The molecule has 2 aliphatic heterocycles. The van der Waals surface area contributed by atoms with Gasteiger partial charge in [-0.1, -0.05) is 79.1 Å². The minimum atomic E-state index is -0.436. The van der Waals surface area contributed by atoms with E-state index in [1.807, 2.05) is 36.4 Å². The number of carbonyl (C=O) groups is 2. The molecule has 4 rings (SSSR count). The zero-order valence-electron chi connectivity index (χ0n) is 26.3. The third-order valence-corrected chi connectivity index (χ3v) is 8.35. The van der Waals surface area contributed by atoms with Gasteiger partial charge < -0.3 is 19.3 Å². The topological polar surface area (TPSA) is 59.1 Å². The van der Waals surface area contributed by atoms with Gasteiger partial charge in [0.25, 0.3) is 0 Å². The Morgan fingerprint density at radius 3 is 1.50 bits per heavy atom. The maximum Gasteiger partial charge on any atom is 0.344 e. The first-order valence-electron chi connectivity index (χ1n) is 16.5. The number of hydrogen-bond acceptors (Lipinski definition) is 6. The van der Waals surface area contributed by atoms with Crippen molar-refractivity contribution in [3.05, 3.63) is 58.8 Å². The number of anilines is 2. The highest BCUT2D eigenvalue weighted by molar-refractivity contribution is 6.18. The lowest BCUT2D eigenvalue weighted by molar-refractivity contribution is 0.0710. The highest BCUT2D eigenvalue weighted by Crippen LogP contribution is 2.42. The van der Waals surface area contributed by atoms with Gasteiger partial charge in [0.1, 0.15) is 5.75 Å². The fourth-order valence-corrected chi connectivity index (χ4v) is 5.82. The molecule has 0 amide bonds. The number of fused-ring (bicyclic) bond motifs is 2. The summed E-state index contributed by atoms with van der Waals surface area (Å²) in [5.41, 5.74) is 3.77. The maximum atomic E-state index is 13.6. The van der Waals surface area contributed by atoms with Crippen molar-refractivity contribution in [3.8, 4) is 5.75 Å². The summed E-state index contributed by atoms with van der Waals surface area (Å²) in [6.07, 6.45) is 14.0. The molecule has 0 unspecified atom stereocenters. The number of rotatable bonds is 18. The molecule has 0 bridgehead atoms. The third-order valence-electron chi connectivity index (χ3n) is 8.35. The SMILES string of the molecule is CCCCCN(CCCCC)c1ccc2c(c1)O/C(=C1\OC(=O)c3ccc(N(CCCCC)CCCCC)cc31)C2=O. The summed E-state index contributed by atoms with van der Waals surface area (Å²) in [5, 5.41) is 0. The van der Waals surface area contributed by atoms with Gasteiger partial charge in [-0.15, -0.1) is 0 Å². The molecule has 0 atom stereocenters. The van der Waals surface area contributed by atoms with Crippen molar-refractivity contribution in [2.75, 3.05) is 36.0 Å². The Bertz CT molecular complexity index is 1230. The minimum Gasteiger partial charge on any atom is -0.448 e. The van der Waals surface area contributed by atoms with Crippen molar-refractivity contribution in [1.82, 2.24) is 0 Å². The fourth-order valence-electron chi connectivity index (χ4n) is 5.82. The van der Waals surface area contributed by atoms with Crippen molar-refractivity contribution in [3.63, 3.8) is 0 Å². The van der Waals surface area contributed by atoms with Crippen LogP contribution in [0.4, 0.5) is 11.4 Å². The first kappa shape index (κ1) is 31.7. The lowest BCUT2D eigenvalue weighted by atomic mass is 10.0. The smallest absolute Gasteiger partial charge is 0.344 e. The van der Waals surface area contributed by atoms with E-state index in [0.29, 0.717) is 22.4 Å². The molecule has 0 fully saturated rings. The van der Waals surface area contributed by atoms with E-state index >= 15 is 0 Å². The van der Waals surface area contributed by atoms with Gasteiger partial charge in [-0.25, -0.2) is 4.79 Å². The predicted molar refractivity (Wildman–Crippen MR) is 173 cm³/mol. The summed E-state index contributed by atoms with van der Waals surface area (Å²) in [6.45, 7) is 12.8. The first-order chi connectivity index (χ1) is 20.5. The number of Topliss-reactive ketones (excluding diaryl/α,β-unsaturated/α-hetero) is 1. The summed E-state index contributed by atoms with van der Waals surface area (Å²) >= 11 is 0. The number of cyclic esters (lactones) is 1. The largest absolute Gasteiger partial charge is 0.448 e. The Labute approximate surface area is 253 Å². The van der Waals surface area contributed by atoms with E-state index in [4.69, 9.17) is 9.47 Å². The average molecular weight is 575 g/mol. The summed E-state index contributed by atoms with van der Waals surface area (Å²) < 4.78 is 11.9. The molecule has 2 aromatic carbocycles. The second-order valence-electron chi connectivity index (χ2n) is 11.7. The quantitative estimate of drug-likeness (QED) is 0.100. The molecule has 6 nitrogen and oxygen atoms in total. The van der Waals surface area contributed by atoms with E-state index < -0.39 is 5.97 Å². The van der Waals surface area contributed by atoms with Gasteiger partial charge in [-0.05, 0) is 56.0 Å². The van der Waals surface area contributed by atoms with E-state index in [0.717, 1.165) is 63.2 Å². The van der Waals surface area contributed by atoms with Gasteiger partial charge >= 0.3 is 5.97 Å². The van der Waals surface area contributed by atoms with E-state index in [1.165, 1.54) is 51.4 Å². The highest BCUT2D eigenvalue weighted by atomic mass is 16.6. The van der Waals surface area contributed by atoms with Gasteiger partial charge in [0.15, 0.2) is 5.76 Å². The molecule has 0 saturated carbocycles. The monoisotopic (exact) mass is 574 g/mol. The van der Waals surface area contributed by atoms with Crippen molar-refractivity contribution in [1.29, 1.82) is 0 Å². The zero-order valence-corrected chi connectivity index (χ0v) is 26.3. The number of ketones is 1. The van der Waals surface area contributed by atoms with Gasteiger partial charge in [-0.3, -0.25) is 4.79 Å². The van der Waals surface area contributed by atoms with E-state index in [1.54, 1.807) is 0 Å². The number of esters is 1. The zero-order chi connectivity index (χ0) is 29.9. The Kier molecular flexibility index (Phi) is 11.9. The van der Waals surface area contributed by atoms with Crippen LogP contribution in [-0.4, -0.2) is 37.9 Å². The molecule has 0 spiro atoms. The molecule has 42 heavy (non-hydrogen) atoms. The second-order valence-corrected chi connectivity index (χ2v) is 11.7. The fraction of sp³-hybridized carbons (Fsp3) is 0.556. The number of carbonyl (C=O) groups excluding carboxylic acids is 2. The van der Waals surface area contributed by atoms with E-state index in [9.17, 15) is 9.59 Å². The lowest BCUT2D eigenvalue weighted by Gasteiger charge is -2.25. The number of benzene rings is 2. The van der Waals surface area contributed by atoms with Crippen LogP contribution in [-0.2, 0) is 4.74 Å². The Morgan fingerprint density at radius 2 is 1.00 bits per heavy atom. The van der Waals surface area contributed by atoms with Crippen LogP contribution in [0.3, 0.4) is 0 Å². The maximum absolute atomic E-state index is 13.6. The molecule has 228 valence electrons. The molecule has 0 aliphatic carbocycles. The normalized spacial score (nSPS) is 15.4. The molecule has 0 saturated heterocycles. The van der Waals surface area contributed by atoms with Crippen LogP contribution in [0.25, 0.3) is 5.76 Å². The Balaban J connectivity index is 1.62. The molecule has 6 heteroatoms. The summed E-state index contributed by atoms with van der Waals surface area (Å²) in [5.74, 6) is 0.220. The number of allylic oxidation sites excluding steroid dienone is 1. The van der Waals surface area contributed by atoms with E-state index in [2.05, 4.69) is 37.5 Å². The molecular formula is C36H50N2O4. The number of nitrogens with zero attached hydrogens (tertiary/aromatic N) is 2. The Hall–Kier alpha value is -3.28. The number of ether oxygens (including phenoxy) is 2. The molecular weight excluding hydrogens is 524 g/mol. The first-order valence-corrected chi connectivity index (χ1v) is 16.5. The summed E-state index contributed by atoms with van der Waals surface area (Å²) in [6, 6.07) is 11.7. The van der Waals surface area contributed by atoms with Crippen LogP contribution in [0, 0.1) is 0 Å². The predicted octanol–water partition coefficient (Wildman–Crippen LogP) is 9.17. The second kappa shape index (κ2) is 15.8. The van der Waals surface area contributed by atoms with Crippen LogP contribution in [0.1, 0.15) is 131 Å². The molecule has 2 heterocycles. The highest BCUT2D eigenvalue weighted by Gasteiger charge is 2.38. The third kappa shape index (κ3) is 7.56. The van der Waals surface area contributed by atoms with Crippen molar-refractivity contribution >= 4 is 28.9 Å². The van der Waals surface area contributed by atoms with Crippen LogP contribution in [0.5, 0.6) is 5.75 Å². The molecule has 2 aromatic rings. The average Bonchev–Trinajstić information content (AvgIpc) is 3.50. The lowest BCUT2D eigenvalue weighted by Crippen LogP contribution is -2.25. The summed E-state index contributed by atoms with van der Waals surface area (Å²) in [4.78, 5) is 31.3. The van der Waals surface area contributed by atoms with Crippen molar-refractivity contribution in [2.24, 2.45) is 0 Å². The standard InChI is InChI=1S/C36H50N2O4/c1-5-9-13-21-37(22-14-10-6-2)27-17-19-29-31(25-27)34(42-36(29)40)35-33(39)30-20-18-28(26-32(30)41-35)38(23-15-11-7-3)24-16-12-8-4/h17-20,25-26H,5-16,21-24H2,1-4H3/b35-34-. The Morgan fingerprint density at radius 1 is 0.524 bits per heavy atom.